The zero-order valence-corrected chi connectivity index (χ0v) is 15.8. The molecule has 24 heavy (non-hydrogen) atoms. The van der Waals surface area contributed by atoms with Gasteiger partial charge in [0.1, 0.15) is 4.90 Å². The van der Waals surface area contributed by atoms with Gasteiger partial charge in [0.2, 0.25) is 10.0 Å². The van der Waals surface area contributed by atoms with E-state index in [0.717, 1.165) is 17.8 Å². The molecule has 1 N–H and O–H groups in total. The fraction of sp³-hybridized carbons (Fsp3) is 0.833. The Bertz CT molecular complexity index is 702. The second-order valence-corrected chi connectivity index (χ2v) is 10.2. The molecule has 1 aromatic rings. The van der Waals surface area contributed by atoms with Crippen molar-refractivity contribution < 1.29 is 8.42 Å². The van der Waals surface area contributed by atoms with E-state index in [2.05, 4.69) is 16.7 Å². The molecule has 4 aliphatic carbocycles. The second-order valence-electron chi connectivity index (χ2n) is 8.56. The van der Waals surface area contributed by atoms with Crippen LogP contribution in [0.5, 0.6) is 0 Å². The van der Waals surface area contributed by atoms with Gasteiger partial charge in [0.15, 0.2) is 0 Å². The summed E-state index contributed by atoms with van der Waals surface area (Å²) in [5.74, 6) is 2.48. The minimum absolute atomic E-state index is 0.000256. The molecule has 4 bridgehead atoms. The van der Waals surface area contributed by atoms with Crippen molar-refractivity contribution >= 4 is 10.0 Å². The van der Waals surface area contributed by atoms with Crippen LogP contribution in [0.4, 0.5) is 0 Å². The smallest absolute Gasteiger partial charge is 0.244 e. The molecule has 6 heteroatoms. The van der Waals surface area contributed by atoms with Gasteiger partial charge in [-0.2, -0.15) is 5.10 Å². The van der Waals surface area contributed by atoms with Crippen molar-refractivity contribution in [3.05, 3.63) is 11.9 Å². The van der Waals surface area contributed by atoms with E-state index in [9.17, 15) is 8.42 Å². The first kappa shape index (κ1) is 16.6. The van der Waals surface area contributed by atoms with Crippen LogP contribution in [-0.4, -0.2) is 24.2 Å². The molecular weight excluding hydrogens is 322 g/mol. The normalized spacial score (nSPS) is 36.2. The van der Waals surface area contributed by atoms with E-state index in [1.165, 1.54) is 38.5 Å². The van der Waals surface area contributed by atoms with Crippen LogP contribution in [0.15, 0.2) is 11.1 Å². The van der Waals surface area contributed by atoms with Crippen molar-refractivity contribution in [2.45, 2.75) is 76.8 Å². The molecule has 1 aromatic heterocycles. The number of rotatable bonds is 5. The molecule has 4 fully saturated rings. The number of sulfonamides is 1. The molecule has 0 spiro atoms. The third-order valence-corrected chi connectivity index (χ3v) is 8.49. The third-order valence-electron chi connectivity index (χ3n) is 6.85. The Kier molecular flexibility index (Phi) is 3.84. The summed E-state index contributed by atoms with van der Waals surface area (Å²) in [5, 5.41) is 4.29. The van der Waals surface area contributed by atoms with Gasteiger partial charge in [-0.15, -0.1) is 0 Å². The zero-order chi connectivity index (χ0) is 17.1. The molecule has 1 heterocycles. The first-order valence-electron chi connectivity index (χ1n) is 9.37. The summed E-state index contributed by atoms with van der Waals surface area (Å²) < 4.78 is 30.6. The molecule has 134 valence electrons. The molecule has 5 rings (SSSR count). The highest BCUT2D eigenvalue weighted by atomic mass is 32.2. The third kappa shape index (κ3) is 2.62. The van der Waals surface area contributed by atoms with Gasteiger partial charge in [-0.25, -0.2) is 13.1 Å². The maximum absolute atomic E-state index is 12.9. The van der Waals surface area contributed by atoms with Gasteiger partial charge < -0.3 is 0 Å². The Labute approximate surface area is 145 Å². The Morgan fingerprint density at radius 3 is 2.25 bits per heavy atom. The first-order valence-corrected chi connectivity index (χ1v) is 10.9. The van der Waals surface area contributed by atoms with Crippen molar-refractivity contribution in [3.63, 3.8) is 0 Å². The maximum atomic E-state index is 12.9. The Hall–Kier alpha value is -0.880. The van der Waals surface area contributed by atoms with Gasteiger partial charge in [-0.05, 0) is 82.5 Å². The molecule has 0 saturated heterocycles. The number of nitrogens with zero attached hydrogens (tertiary/aromatic N) is 2. The number of nitrogens with one attached hydrogen (secondary N) is 1. The highest BCUT2D eigenvalue weighted by Crippen LogP contribution is 2.61. The SMILES string of the molecule is CCn1cc(S(=O)(=O)NC(C)C23CC4CC(CC(C4)C2)C3)c(C)n1. The molecule has 1 atom stereocenters. The maximum Gasteiger partial charge on any atom is 0.244 e. The van der Waals surface area contributed by atoms with E-state index in [-0.39, 0.29) is 11.5 Å². The first-order chi connectivity index (χ1) is 11.3. The van der Waals surface area contributed by atoms with Gasteiger partial charge in [0, 0.05) is 18.8 Å². The summed E-state index contributed by atoms with van der Waals surface area (Å²) in [6.07, 6.45) is 9.40. The highest BCUT2D eigenvalue weighted by Gasteiger charge is 2.53. The number of aromatic nitrogens is 2. The van der Waals surface area contributed by atoms with Crippen LogP contribution >= 0.6 is 0 Å². The molecule has 0 aliphatic heterocycles. The van der Waals surface area contributed by atoms with Crippen LogP contribution in [0.1, 0.15) is 58.1 Å². The number of aryl methyl sites for hydroxylation is 2. The average molecular weight is 352 g/mol. The van der Waals surface area contributed by atoms with E-state index in [1.807, 2.05) is 6.92 Å². The summed E-state index contributed by atoms with van der Waals surface area (Å²) in [4.78, 5) is 0.334. The lowest BCUT2D eigenvalue weighted by atomic mass is 9.48. The van der Waals surface area contributed by atoms with Gasteiger partial charge in [0.05, 0.1) is 5.69 Å². The zero-order valence-electron chi connectivity index (χ0n) is 15.0. The van der Waals surface area contributed by atoms with E-state index in [1.54, 1.807) is 17.8 Å². The minimum atomic E-state index is -3.51. The van der Waals surface area contributed by atoms with Crippen molar-refractivity contribution in [2.75, 3.05) is 0 Å². The van der Waals surface area contributed by atoms with Gasteiger partial charge >= 0.3 is 0 Å². The standard InChI is InChI=1S/C18H29N3O2S/c1-4-21-11-17(12(2)19-21)24(22,23)20-13(3)18-8-14-5-15(9-18)7-16(6-14)10-18/h11,13-16,20H,4-10H2,1-3H3. The van der Waals surface area contributed by atoms with Crippen LogP contribution in [0.3, 0.4) is 0 Å². The summed E-state index contributed by atoms with van der Waals surface area (Å²) in [5.41, 5.74) is 0.762. The summed E-state index contributed by atoms with van der Waals surface area (Å²) in [6, 6.07) is 0.000256. The molecule has 1 unspecified atom stereocenters. The van der Waals surface area contributed by atoms with E-state index in [4.69, 9.17) is 0 Å². The largest absolute Gasteiger partial charge is 0.271 e. The average Bonchev–Trinajstić information content (AvgIpc) is 2.87. The fourth-order valence-corrected chi connectivity index (χ4v) is 7.59. The molecule has 0 amide bonds. The van der Waals surface area contributed by atoms with E-state index in [0.29, 0.717) is 17.1 Å². The number of hydrogen-bond donors (Lipinski definition) is 1. The topological polar surface area (TPSA) is 64.0 Å². The molecule has 5 nitrogen and oxygen atoms in total. The summed E-state index contributed by atoms with van der Waals surface area (Å²) >= 11 is 0. The molecule has 0 radical (unpaired) electrons. The van der Waals surface area contributed by atoms with Crippen LogP contribution < -0.4 is 4.72 Å². The highest BCUT2D eigenvalue weighted by molar-refractivity contribution is 7.89. The Morgan fingerprint density at radius 2 is 1.79 bits per heavy atom. The van der Waals surface area contributed by atoms with Crippen LogP contribution in [-0.2, 0) is 16.6 Å². The lowest BCUT2D eigenvalue weighted by Crippen LogP contribution is -2.55. The molecule has 4 saturated carbocycles. The van der Waals surface area contributed by atoms with E-state index < -0.39 is 10.0 Å². The van der Waals surface area contributed by atoms with Crippen molar-refractivity contribution in [1.29, 1.82) is 0 Å². The van der Waals surface area contributed by atoms with Crippen molar-refractivity contribution in [3.8, 4) is 0 Å². The Morgan fingerprint density at radius 1 is 1.25 bits per heavy atom. The Balaban J connectivity index is 1.57. The van der Waals surface area contributed by atoms with Crippen LogP contribution in [0.2, 0.25) is 0 Å². The molecular formula is C18H29N3O2S. The molecule has 4 aliphatic rings. The van der Waals surface area contributed by atoms with Crippen molar-refractivity contribution in [1.82, 2.24) is 14.5 Å². The summed E-state index contributed by atoms with van der Waals surface area (Å²) in [6.45, 7) is 6.51. The van der Waals surface area contributed by atoms with Crippen LogP contribution in [0.25, 0.3) is 0 Å². The van der Waals surface area contributed by atoms with Crippen LogP contribution in [0, 0.1) is 30.1 Å². The quantitative estimate of drug-likeness (QED) is 0.886. The van der Waals surface area contributed by atoms with E-state index >= 15 is 0 Å². The van der Waals surface area contributed by atoms with Gasteiger partial charge in [0.25, 0.3) is 0 Å². The molecule has 0 aromatic carbocycles. The van der Waals surface area contributed by atoms with Crippen molar-refractivity contribution in [2.24, 2.45) is 23.2 Å². The summed E-state index contributed by atoms with van der Waals surface area (Å²) in [7, 11) is -3.51. The number of hydrogen-bond acceptors (Lipinski definition) is 3. The predicted octanol–water partition coefficient (Wildman–Crippen LogP) is 3.09. The van der Waals surface area contributed by atoms with Gasteiger partial charge in [-0.3, -0.25) is 4.68 Å². The lowest BCUT2D eigenvalue weighted by molar-refractivity contribution is -0.0666. The minimum Gasteiger partial charge on any atom is -0.271 e. The second kappa shape index (κ2) is 5.56. The predicted molar refractivity (Wildman–Crippen MR) is 93.0 cm³/mol. The van der Waals surface area contributed by atoms with Gasteiger partial charge in [-0.1, -0.05) is 0 Å². The fourth-order valence-electron chi connectivity index (χ4n) is 6.05. The monoisotopic (exact) mass is 351 g/mol. The lowest BCUT2D eigenvalue weighted by Gasteiger charge is -2.59.